The van der Waals surface area contributed by atoms with E-state index < -0.39 is 0 Å². The Labute approximate surface area is 101 Å². The lowest BCUT2D eigenvalue weighted by molar-refractivity contribution is 0.424. The lowest BCUT2D eigenvalue weighted by Crippen LogP contribution is -2.21. The summed E-state index contributed by atoms with van der Waals surface area (Å²) >= 11 is 12.6. The van der Waals surface area contributed by atoms with Crippen LogP contribution in [0.4, 0.5) is 0 Å². The second kappa shape index (κ2) is 4.75. The van der Waals surface area contributed by atoms with Crippen molar-refractivity contribution in [2.75, 3.05) is 0 Å². The number of nitrogens with zero attached hydrogens (tertiary/aromatic N) is 2. The number of hydrogen-bond acceptors (Lipinski definition) is 1. The van der Waals surface area contributed by atoms with Crippen molar-refractivity contribution in [3.63, 3.8) is 0 Å². The number of alkyl halides is 1. The van der Waals surface area contributed by atoms with Crippen LogP contribution in [0.1, 0.15) is 44.2 Å². The second-order valence-electron chi connectivity index (χ2n) is 4.10. The van der Waals surface area contributed by atoms with Gasteiger partial charge in [-0.3, -0.25) is 4.68 Å². The molecule has 2 nitrogen and oxygen atoms in total. The van der Waals surface area contributed by atoms with Crippen LogP contribution in [0, 0.1) is 0 Å². The summed E-state index contributed by atoms with van der Waals surface area (Å²) in [7, 11) is 0. The van der Waals surface area contributed by atoms with Gasteiger partial charge in [-0.05, 0) is 19.8 Å². The molecular weight excluding hydrogens is 231 g/mol. The van der Waals surface area contributed by atoms with Crippen molar-refractivity contribution in [3.8, 4) is 0 Å². The van der Waals surface area contributed by atoms with Gasteiger partial charge in [-0.25, -0.2) is 0 Å². The molecule has 1 aliphatic carbocycles. The molecule has 0 spiro atoms. The Morgan fingerprint density at radius 3 is 2.87 bits per heavy atom. The first-order chi connectivity index (χ1) is 7.24. The molecule has 84 valence electrons. The van der Waals surface area contributed by atoms with Crippen molar-refractivity contribution in [1.82, 2.24) is 9.78 Å². The molecule has 0 amide bonds. The fourth-order valence-electron chi connectivity index (χ4n) is 2.39. The zero-order valence-corrected chi connectivity index (χ0v) is 10.4. The second-order valence-corrected chi connectivity index (χ2v) is 5.07. The van der Waals surface area contributed by atoms with Crippen LogP contribution < -0.4 is 0 Å². The summed E-state index contributed by atoms with van der Waals surface area (Å²) in [6.45, 7) is 2.95. The standard InChI is InChI=1S/C11H16Cl2N2/c1-2-15-11(10(13)7-14-15)8-5-3-4-6-9(8)12/h7-9H,2-6H2,1H3. The van der Waals surface area contributed by atoms with Crippen LogP contribution in [-0.2, 0) is 6.54 Å². The third-order valence-corrected chi connectivity index (χ3v) is 3.98. The minimum atomic E-state index is 0.221. The van der Waals surface area contributed by atoms with Gasteiger partial charge < -0.3 is 0 Å². The summed E-state index contributed by atoms with van der Waals surface area (Å²) in [5.41, 5.74) is 1.14. The third kappa shape index (κ3) is 2.16. The molecule has 1 aliphatic rings. The summed E-state index contributed by atoms with van der Waals surface area (Å²) in [5, 5.41) is 5.26. The molecular formula is C11H16Cl2N2. The van der Waals surface area contributed by atoms with Crippen molar-refractivity contribution < 1.29 is 0 Å². The van der Waals surface area contributed by atoms with Crippen LogP contribution in [0.5, 0.6) is 0 Å². The number of aryl methyl sites for hydroxylation is 1. The van der Waals surface area contributed by atoms with E-state index in [0.717, 1.165) is 30.1 Å². The SMILES string of the molecule is CCn1ncc(Cl)c1C1CCCCC1Cl. The molecule has 2 unspecified atom stereocenters. The summed E-state index contributed by atoms with van der Waals surface area (Å²) in [6, 6.07) is 0. The maximum atomic E-state index is 6.38. The first-order valence-corrected chi connectivity index (χ1v) is 6.40. The van der Waals surface area contributed by atoms with E-state index in [0.29, 0.717) is 5.92 Å². The Morgan fingerprint density at radius 2 is 2.20 bits per heavy atom. The number of halogens is 2. The molecule has 2 atom stereocenters. The van der Waals surface area contributed by atoms with Gasteiger partial charge in [0, 0.05) is 17.8 Å². The number of aromatic nitrogens is 2. The fourth-order valence-corrected chi connectivity index (χ4v) is 3.07. The van der Waals surface area contributed by atoms with E-state index in [1.54, 1.807) is 6.20 Å². The smallest absolute Gasteiger partial charge is 0.0821 e. The van der Waals surface area contributed by atoms with Gasteiger partial charge in [-0.15, -0.1) is 11.6 Å². The molecule has 0 radical (unpaired) electrons. The van der Waals surface area contributed by atoms with Gasteiger partial charge in [-0.2, -0.15) is 5.10 Å². The van der Waals surface area contributed by atoms with Crippen LogP contribution in [0.2, 0.25) is 5.02 Å². The average molecular weight is 247 g/mol. The quantitative estimate of drug-likeness (QED) is 0.726. The highest BCUT2D eigenvalue weighted by molar-refractivity contribution is 6.31. The lowest BCUT2D eigenvalue weighted by Gasteiger charge is -2.27. The maximum absolute atomic E-state index is 6.38. The van der Waals surface area contributed by atoms with Gasteiger partial charge >= 0.3 is 0 Å². The minimum Gasteiger partial charge on any atom is -0.268 e. The van der Waals surface area contributed by atoms with E-state index in [1.807, 2.05) is 4.68 Å². The van der Waals surface area contributed by atoms with Crippen LogP contribution in [0.25, 0.3) is 0 Å². The van der Waals surface area contributed by atoms with Gasteiger partial charge in [0.15, 0.2) is 0 Å². The summed E-state index contributed by atoms with van der Waals surface area (Å²) in [6.07, 6.45) is 6.46. The molecule has 1 heterocycles. The molecule has 1 saturated carbocycles. The molecule has 0 aromatic carbocycles. The Kier molecular flexibility index (Phi) is 3.57. The summed E-state index contributed by atoms with van der Waals surface area (Å²) < 4.78 is 1.98. The van der Waals surface area contributed by atoms with Gasteiger partial charge in [0.1, 0.15) is 0 Å². The summed E-state index contributed by atoms with van der Waals surface area (Å²) in [4.78, 5) is 0. The number of hydrogen-bond donors (Lipinski definition) is 0. The maximum Gasteiger partial charge on any atom is 0.0821 e. The molecule has 2 rings (SSSR count). The van der Waals surface area contributed by atoms with E-state index >= 15 is 0 Å². The molecule has 0 bridgehead atoms. The van der Waals surface area contributed by atoms with E-state index in [1.165, 1.54) is 12.8 Å². The lowest BCUT2D eigenvalue weighted by atomic mass is 9.86. The van der Waals surface area contributed by atoms with Crippen molar-refractivity contribution in [2.24, 2.45) is 0 Å². The van der Waals surface area contributed by atoms with E-state index in [-0.39, 0.29) is 5.38 Å². The van der Waals surface area contributed by atoms with Crippen molar-refractivity contribution in [2.45, 2.75) is 50.4 Å². The van der Waals surface area contributed by atoms with Gasteiger partial charge in [-0.1, -0.05) is 24.4 Å². The van der Waals surface area contributed by atoms with Gasteiger partial charge in [0.2, 0.25) is 0 Å². The van der Waals surface area contributed by atoms with E-state index in [4.69, 9.17) is 23.2 Å². The van der Waals surface area contributed by atoms with Crippen LogP contribution >= 0.6 is 23.2 Å². The molecule has 0 N–H and O–H groups in total. The highest BCUT2D eigenvalue weighted by Gasteiger charge is 2.29. The average Bonchev–Trinajstić information content (AvgIpc) is 2.60. The normalized spacial score (nSPS) is 26.9. The Balaban J connectivity index is 2.29. The minimum absolute atomic E-state index is 0.221. The zero-order valence-electron chi connectivity index (χ0n) is 8.92. The monoisotopic (exact) mass is 246 g/mol. The largest absolute Gasteiger partial charge is 0.268 e. The Hall–Kier alpha value is -0.210. The predicted octanol–water partition coefficient (Wildman–Crippen LogP) is 3.82. The molecule has 4 heteroatoms. The zero-order chi connectivity index (χ0) is 10.8. The molecule has 1 aromatic heterocycles. The molecule has 1 aromatic rings. The molecule has 1 fully saturated rings. The predicted molar refractivity (Wildman–Crippen MR) is 63.8 cm³/mol. The third-order valence-electron chi connectivity index (χ3n) is 3.17. The van der Waals surface area contributed by atoms with Gasteiger partial charge in [0.25, 0.3) is 0 Å². The number of rotatable bonds is 2. The Bertz CT molecular complexity index is 335. The topological polar surface area (TPSA) is 17.8 Å². The van der Waals surface area contributed by atoms with Crippen molar-refractivity contribution >= 4 is 23.2 Å². The van der Waals surface area contributed by atoms with E-state index in [2.05, 4.69) is 12.0 Å². The van der Waals surface area contributed by atoms with Crippen LogP contribution in [0.3, 0.4) is 0 Å². The molecule has 15 heavy (non-hydrogen) atoms. The molecule has 0 aliphatic heterocycles. The van der Waals surface area contributed by atoms with Crippen molar-refractivity contribution in [3.05, 3.63) is 16.9 Å². The van der Waals surface area contributed by atoms with E-state index in [9.17, 15) is 0 Å². The highest BCUT2D eigenvalue weighted by Crippen LogP contribution is 2.39. The first kappa shape index (κ1) is 11.3. The highest BCUT2D eigenvalue weighted by atomic mass is 35.5. The Morgan fingerprint density at radius 1 is 1.47 bits per heavy atom. The van der Waals surface area contributed by atoms with Crippen LogP contribution in [0.15, 0.2) is 6.20 Å². The first-order valence-electron chi connectivity index (χ1n) is 5.59. The molecule has 0 saturated heterocycles. The van der Waals surface area contributed by atoms with Crippen LogP contribution in [-0.4, -0.2) is 15.2 Å². The van der Waals surface area contributed by atoms with Gasteiger partial charge in [0.05, 0.1) is 16.9 Å². The summed E-state index contributed by atoms with van der Waals surface area (Å²) in [5.74, 6) is 0.385. The fraction of sp³-hybridized carbons (Fsp3) is 0.727. The van der Waals surface area contributed by atoms with Crippen molar-refractivity contribution in [1.29, 1.82) is 0 Å².